The van der Waals surface area contributed by atoms with E-state index < -0.39 is 30.1 Å². The van der Waals surface area contributed by atoms with Crippen LogP contribution in [0.1, 0.15) is 36.0 Å². The second-order valence-corrected chi connectivity index (χ2v) is 9.34. The fraction of sp³-hybridized carbons (Fsp3) is 0.300. The number of nitrogens with zero attached hydrogens (tertiary/aromatic N) is 1. The van der Waals surface area contributed by atoms with Crippen LogP contribution in [0.15, 0.2) is 66.7 Å². The highest BCUT2D eigenvalue weighted by atomic mass is 19.1. The first-order valence-corrected chi connectivity index (χ1v) is 13.4. The molecule has 3 aromatic carbocycles. The molecule has 12 heteroatoms. The first-order chi connectivity index (χ1) is 20.3. The number of para-hydroxylation sites is 2. The number of carbonyl (C=O) groups excluding carboxylic acids is 1. The maximum absolute atomic E-state index is 13.6. The molecule has 1 unspecified atom stereocenters. The lowest BCUT2D eigenvalue weighted by atomic mass is 10.1. The maximum Gasteiger partial charge on any atom is 0.508 e. The van der Waals surface area contributed by atoms with Crippen molar-refractivity contribution in [3.63, 3.8) is 0 Å². The fourth-order valence-electron chi connectivity index (χ4n) is 4.28. The summed E-state index contributed by atoms with van der Waals surface area (Å²) < 4.78 is 35.3. The SMILES string of the molecule is O=C(O)CCCN1CC(OC(=O)O)Oc2c(NC(=O)c3ccc(OCCCCOc4ccccc4F)cc3)cccc21. The predicted octanol–water partition coefficient (Wildman–Crippen LogP) is 5.40. The molecule has 0 spiro atoms. The van der Waals surface area contributed by atoms with Gasteiger partial charge in [-0.25, -0.2) is 9.18 Å². The lowest BCUT2D eigenvalue weighted by Gasteiger charge is -2.36. The summed E-state index contributed by atoms with van der Waals surface area (Å²) in [5, 5.41) is 20.9. The quantitative estimate of drug-likeness (QED) is 0.167. The van der Waals surface area contributed by atoms with Crippen LogP contribution in [0.3, 0.4) is 0 Å². The first-order valence-electron chi connectivity index (χ1n) is 13.4. The number of amides is 1. The van der Waals surface area contributed by atoms with Crippen LogP contribution in [0.5, 0.6) is 17.2 Å². The maximum atomic E-state index is 13.6. The van der Waals surface area contributed by atoms with E-state index in [1.165, 1.54) is 6.07 Å². The van der Waals surface area contributed by atoms with E-state index in [9.17, 15) is 18.8 Å². The lowest BCUT2D eigenvalue weighted by molar-refractivity contribution is -0.137. The minimum absolute atomic E-state index is 0.0584. The molecule has 4 rings (SSSR count). The van der Waals surface area contributed by atoms with Crippen LogP contribution in [0.25, 0.3) is 0 Å². The van der Waals surface area contributed by atoms with Crippen LogP contribution in [-0.2, 0) is 9.53 Å². The monoisotopic (exact) mass is 582 g/mol. The third-order valence-electron chi connectivity index (χ3n) is 6.27. The van der Waals surface area contributed by atoms with Crippen LogP contribution in [-0.4, -0.2) is 60.8 Å². The van der Waals surface area contributed by atoms with Crippen LogP contribution in [0, 0.1) is 5.82 Å². The van der Waals surface area contributed by atoms with Crippen molar-refractivity contribution in [1.82, 2.24) is 0 Å². The summed E-state index contributed by atoms with van der Waals surface area (Å²) in [6, 6.07) is 17.8. The van der Waals surface area contributed by atoms with Gasteiger partial charge in [-0.15, -0.1) is 0 Å². The predicted molar refractivity (Wildman–Crippen MR) is 150 cm³/mol. The number of unbranched alkanes of at least 4 members (excludes halogenated alkanes) is 1. The van der Waals surface area contributed by atoms with Crippen LogP contribution in [0.4, 0.5) is 20.6 Å². The summed E-state index contributed by atoms with van der Waals surface area (Å²) in [7, 11) is 0. The highest BCUT2D eigenvalue weighted by Gasteiger charge is 2.30. The molecule has 11 nitrogen and oxygen atoms in total. The number of halogens is 1. The zero-order valence-corrected chi connectivity index (χ0v) is 22.7. The standard InChI is InChI=1S/C30H31FN2O9/c31-22-7-1-2-10-25(22)40-18-4-3-17-39-21-14-12-20(13-15-21)29(36)32-23-8-5-9-24-28(23)41-27(42-30(37)38)19-33(24)16-6-11-26(34)35/h1-2,5,7-10,12-15,27H,3-4,6,11,16-19H2,(H,32,36)(H,34,35)(H,37,38). The van der Waals surface area contributed by atoms with Gasteiger partial charge < -0.3 is 39.4 Å². The van der Waals surface area contributed by atoms with Crippen LogP contribution < -0.4 is 24.4 Å². The summed E-state index contributed by atoms with van der Waals surface area (Å²) in [5.41, 5.74) is 1.23. The molecule has 42 heavy (non-hydrogen) atoms. The van der Waals surface area contributed by atoms with E-state index in [1.54, 1.807) is 65.6 Å². The minimum atomic E-state index is -1.52. The van der Waals surface area contributed by atoms with Crippen molar-refractivity contribution in [3.8, 4) is 17.2 Å². The van der Waals surface area contributed by atoms with Gasteiger partial charge in [-0.05, 0) is 67.8 Å². The molecule has 3 N–H and O–H groups in total. The number of carboxylic acids is 1. The molecule has 1 atom stereocenters. The molecule has 3 aromatic rings. The third kappa shape index (κ3) is 8.50. The third-order valence-corrected chi connectivity index (χ3v) is 6.27. The van der Waals surface area contributed by atoms with Crippen molar-refractivity contribution in [2.24, 2.45) is 0 Å². The Morgan fingerprint density at radius 1 is 0.929 bits per heavy atom. The number of hydrogen-bond donors (Lipinski definition) is 3. The van der Waals surface area contributed by atoms with Gasteiger partial charge in [0.15, 0.2) is 17.3 Å². The van der Waals surface area contributed by atoms with E-state index >= 15 is 0 Å². The van der Waals surface area contributed by atoms with Gasteiger partial charge >= 0.3 is 12.1 Å². The van der Waals surface area contributed by atoms with Crippen molar-refractivity contribution < 1.29 is 47.9 Å². The Kier molecular flexibility index (Phi) is 10.4. The molecule has 222 valence electrons. The smallest absolute Gasteiger partial charge is 0.494 e. The number of rotatable bonds is 14. The van der Waals surface area contributed by atoms with E-state index in [0.717, 1.165) is 0 Å². The number of benzene rings is 3. The Morgan fingerprint density at radius 2 is 1.67 bits per heavy atom. The summed E-state index contributed by atoms with van der Waals surface area (Å²) in [6.07, 6.45) is -1.06. The van der Waals surface area contributed by atoms with Crippen molar-refractivity contribution >= 4 is 29.4 Å². The molecule has 1 aliphatic rings. The Hall–Kier alpha value is -5.00. The second kappa shape index (κ2) is 14.6. The molecule has 1 heterocycles. The molecular weight excluding hydrogens is 551 g/mol. The van der Waals surface area contributed by atoms with E-state index in [2.05, 4.69) is 5.32 Å². The molecule has 1 amide bonds. The molecule has 1 aliphatic heterocycles. The van der Waals surface area contributed by atoms with Gasteiger partial charge in [0.25, 0.3) is 12.2 Å². The first kappa shape index (κ1) is 30.0. The highest BCUT2D eigenvalue weighted by Crippen LogP contribution is 2.40. The van der Waals surface area contributed by atoms with Crippen molar-refractivity contribution in [3.05, 3.63) is 78.1 Å². The van der Waals surface area contributed by atoms with E-state index in [-0.39, 0.29) is 24.5 Å². The number of nitrogens with one attached hydrogen (secondary N) is 1. The molecule has 0 aliphatic carbocycles. The van der Waals surface area contributed by atoms with Gasteiger partial charge in [-0.2, -0.15) is 0 Å². The normalized spacial score (nSPS) is 13.8. The number of hydrogen-bond acceptors (Lipinski definition) is 8. The minimum Gasteiger partial charge on any atom is -0.494 e. The number of ether oxygens (including phenoxy) is 4. The summed E-state index contributed by atoms with van der Waals surface area (Å²) in [6.45, 7) is 1.16. The topological polar surface area (TPSA) is 144 Å². The largest absolute Gasteiger partial charge is 0.508 e. The van der Waals surface area contributed by atoms with Crippen LogP contribution in [0.2, 0.25) is 0 Å². The average molecular weight is 583 g/mol. The summed E-state index contributed by atoms with van der Waals surface area (Å²) in [4.78, 5) is 36.9. The Morgan fingerprint density at radius 3 is 2.38 bits per heavy atom. The van der Waals surface area contributed by atoms with Crippen LogP contribution >= 0.6 is 0 Å². The zero-order valence-electron chi connectivity index (χ0n) is 22.7. The Balaban J connectivity index is 1.32. The van der Waals surface area contributed by atoms with Crippen molar-refractivity contribution in [2.45, 2.75) is 32.0 Å². The molecular formula is C30H31FN2O9. The van der Waals surface area contributed by atoms with Gasteiger partial charge in [-0.3, -0.25) is 9.59 Å². The fourth-order valence-corrected chi connectivity index (χ4v) is 4.28. The van der Waals surface area contributed by atoms with E-state index in [0.29, 0.717) is 61.7 Å². The van der Waals surface area contributed by atoms with E-state index in [4.69, 9.17) is 29.2 Å². The molecule has 0 fully saturated rings. The average Bonchev–Trinajstić information content (AvgIpc) is 2.96. The Labute approximate surface area is 241 Å². The van der Waals surface area contributed by atoms with Gasteiger partial charge in [0.1, 0.15) is 5.75 Å². The second-order valence-electron chi connectivity index (χ2n) is 9.34. The van der Waals surface area contributed by atoms with Gasteiger partial charge in [0.05, 0.1) is 31.1 Å². The lowest BCUT2D eigenvalue weighted by Crippen LogP contribution is -2.43. The Bertz CT molecular complexity index is 1380. The van der Waals surface area contributed by atoms with Gasteiger partial charge in [0, 0.05) is 18.5 Å². The number of fused-ring (bicyclic) bond motifs is 1. The molecule has 0 bridgehead atoms. The molecule has 0 saturated carbocycles. The van der Waals surface area contributed by atoms with E-state index in [1.807, 2.05) is 0 Å². The number of anilines is 2. The molecule has 0 saturated heterocycles. The number of carboxylic acid groups (broad SMARTS) is 2. The van der Waals surface area contributed by atoms with Gasteiger partial charge in [-0.1, -0.05) is 18.2 Å². The highest BCUT2D eigenvalue weighted by molar-refractivity contribution is 6.05. The van der Waals surface area contributed by atoms with Crippen molar-refractivity contribution in [1.29, 1.82) is 0 Å². The zero-order chi connectivity index (χ0) is 29.9. The van der Waals surface area contributed by atoms with Crippen molar-refractivity contribution in [2.75, 3.05) is 36.5 Å². The number of aliphatic carboxylic acids is 1. The summed E-state index contributed by atoms with van der Waals surface area (Å²) >= 11 is 0. The molecule has 0 aromatic heterocycles. The van der Waals surface area contributed by atoms with Gasteiger partial charge in [0.2, 0.25) is 0 Å². The number of carbonyl (C=O) groups is 3. The molecule has 0 radical (unpaired) electrons. The summed E-state index contributed by atoms with van der Waals surface area (Å²) in [5.74, 6) is -0.751.